The highest BCUT2D eigenvalue weighted by atomic mass is 16.4. The van der Waals surface area contributed by atoms with Crippen LogP contribution >= 0.6 is 0 Å². The first-order valence-electron chi connectivity index (χ1n) is 5.65. The number of rotatable bonds is 4. The van der Waals surface area contributed by atoms with Gasteiger partial charge in [0.1, 0.15) is 6.04 Å². The highest BCUT2D eigenvalue weighted by Gasteiger charge is 2.27. The van der Waals surface area contributed by atoms with Crippen molar-refractivity contribution in [3.63, 3.8) is 0 Å². The van der Waals surface area contributed by atoms with Gasteiger partial charge in [-0.2, -0.15) is 0 Å². The van der Waals surface area contributed by atoms with E-state index < -0.39 is 12.0 Å². The smallest absolute Gasteiger partial charge is 0.320 e. The summed E-state index contributed by atoms with van der Waals surface area (Å²) in [6.45, 7) is 2.55. The van der Waals surface area contributed by atoms with Crippen molar-refractivity contribution < 1.29 is 9.90 Å². The van der Waals surface area contributed by atoms with E-state index in [4.69, 9.17) is 16.2 Å². The fourth-order valence-electron chi connectivity index (χ4n) is 1.99. The summed E-state index contributed by atoms with van der Waals surface area (Å²) in [7, 11) is 0. The first-order chi connectivity index (χ1) is 7.56. The summed E-state index contributed by atoms with van der Waals surface area (Å²) >= 11 is 0. The monoisotopic (exact) mass is 228 g/mol. The number of nitrogens with two attached hydrogens (primary N) is 1. The summed E-state index contributed by atoms with van der Waals surface area (Å²) < 4.78 is 0. The van der Waals surface area contributed by atoms with Crippen molar-refractivity contribution in [1.82, 2.24) is 10.2 Å². The van der Waals surface area contributed by atoms with E-state index in [0.717, 1.165) is 25.8 Å². The van der Waals surface area contributed by atoms with E-state index in [-0.39, 0.29) is 12.1 Å². The van der Waals surface area contributed by atoms with Crippen LogP contribution in [0.1, 0.15) is 32.6 Å². The Hall–Kier alpha value is -1.30. The number of aliphatic carboxylic acids is 1. The standard InChI is InChI=1S/C10H20N4O2/c1-2-7(9(15)16)13-8-5-3-4-6-14(8)10(11)12/h7-8,13H,2-6H2,1H3,(H3,11,12)(H,15,16)/t7-,8?/m0/s1. The van der Waals surface area contributed by atoms with Crippen LogP contribution in [-0.4, -0.2) is 40.7 Å². The summed E-state index contributed by atoms with van der Waals surface area (Å²) in [5.74, 6) is -0.839. The van der Waals surface area contributed by atoms with Crippen LogP contribution < -0.4 is 11.1 Å². The zero-order valence-electron chi connectivity index (χ0n) is 9.57. The maximum absolute atomic E-state index is 10.9. The third kappa shape index (κ3) is 3.10. The average molecular weight is 228 g/mol. The quantitative estimate of drug-likeness (QED) is 0.405. The summed E-state index contributed by atoms with van der Waals surface area (Å²) in [5.41, 5.74) is 5.47. The van der Waals surface area contributed by atoms with Crippen LogP contribution in [0, 0.1) is 5.41 Å². The molecule has 1 fully saturated rings. The molecule has 0 spiro atoms. The molecule has 1 aliphatic rings. The van der Waals surface area contributed by atoms with Gasteiger partial charge >= 0.3 is 5.97 Å². The predicted molar refractivity (Wildman–Crippen MR) is 61.1 cm³/mol. The molecule has 1 heterocycles. The Balaban J connectivity index is 2.61. The maximum atomic E-state index is 10.9. The summed E-state index contributed by atoms with van der Waals surface area (Å²) in [4.78, 5) is 12.6. The lowest BCUT2D eigenvalue weighted by atomic mass is 10.1. The molecule has 0 aromatic rings. The number of hydrogen-bond acceptors (Lipinski definition) is 3. The average Bonchev–Trinajstić information content (AvgIpc) is 2.25. The SMILES string of the molecule is CC[C@H](NC1CCCCN1C(=N)N)C(=O)O. The Kier molecular flexibility index (Phi) is 4.54. The molecule has 0 aliphatic carbocycles. The minimum Gasteiger partial charge on any atom is -0.480 e. The van der Waals surface area contributed by atoms with Crippen molar-refractivity contribution in [3.05, 3.63) is 0 Å². The Morgan fingerprint density at radius 3 is 2.88 bits per heavy atom. The third-order valence-electron chi connectivity index (χ3n) is 2.91. The Labute approximate surface area is 95.3 Å². The number of nitrogens with zero attached hydrogens (tertiary/aromatic N) is 1. The van der Waals surface area contributed by atoms with Gasteiger partial charge in [-0.25, -0.2) is 0 Å². The first kappa shape index (κ1) is 12.8. The summed E-state index contributed by atoms with van der Waals surface area (Å²) in [6.07, 6.45) is 3.28. The van der Waals surface area contributed by atoms with Crippen molar-refractivity contribution in [2.45, 2.75) is 44.8 Å². The molecular formula is C10H20N4O2. The van der Waals surface area contributed by atoms with Crippen molar-refractivity contribution >= 4 is 11.9 Å². The predicted octanol–water partition coefficient (Wildman–Crippen LogP) is 0.145. The lowest BCUT2D eigenvalue weighted by molar-refractivity contribution is -0.140. The van der Waals surface area contributed by atoms with E-state index in [1.54, 1.807) is 4.90 Å². The molecule has 1 unspecified atom stereocenters. The molecule has 0 bridgehead atoms. The van der Waals surface area contributed by atoms with Crippen molar-refractivity contribution in [2.24, 2.45) is 5.73 Å². The van der Waals surface area contributed by atoms with Crippen LogP contribution in [0.5, 0.6) is 0 Å². The molecule has 6 nitrogen and oxygen atoms in total. The van der Waals surface area contributed by atoms with Crippen LogP contribution in [0.4, 0.5) is 0 Å². The largest absolute Gasteiger partial charge is 0.480 e. The van der Waals surface area contributed by atoms with E-state index in [2.05, 4.69) is 5.32 Å². The van der Waals surface area contributed by atoms with Gasteiger partial charge in [-0.05, 0) is 25.7 Å². The molecule has 1 rings (SSSR count). The van der Waals surface area contributed by atoms with Crippen molar-refractivity contribution in [1.29, 1.82) is 5.41 Å². The summed E-state index contributed by atoms with van der Waals surface area (Å²) in [5, 5.41) is 19.4. The van der Waals surface area contributed by atoms with Crippen LogP contribution in [0.3, 0.4) is 0 Å². The van der Waals surface area contributed by atoms with Crippen molar-refractivity contribution in [2.75, 3.05) is 6.54 Å². The van der Waals surface area contributed by atoms with Gasteiger partial charge in [0.25, 0.3) is 0 Å². The number of carboxylic acids is 1. The zero-order valence-corrected chi connectivity index (χ0v) is 9.57. The van der Waals surface area contributed by atoms with Gasteiger partial charge in [-0.1, -0.05) is 6.92 Å². The molecule has 5 N–H and O–H groups in total. The van der Waals surface area contributed by atoms with Gasteiger partial charge in [0.15, 0.2) is 5.96 Å². The highest BCUT2D eigenvalue weighted by Crippen LogP contribution is 2.15. The lowest BCUT2D eigenvalue weighted by Gasteiger charge is -2.37. The molecule has 92 valence electrons. The minimum atomic E-state index is -0.850. The number of carbonyl (C=O) groups is 1. The molecule has 0 radical (unpaired) electrons. The molecule has 1 aliphatic heterocycles. The van der Waals surface area contributed by atoms with Crippen LogP contribution in [0.25, 0.3) is 0 Å². The van der Waals surface area contributed by atoms with Crippen LogP contribution in [0.15, 0.2) is 0 Å². The topological polar surface area (TPSA) is 102 Å². The van der Waals surface area contributed by atoms with Gasteiger partial charge in [0, 0.05) is 6.54 Å². The van der Waals surface area contributed by atoms with Gasteiger partial charge in [-0.3, -0.25) is 15.5 Å². The Bertz CT molecular complexity index is 270. The van der Waals surface area contributed by atoms with Crippen molar-refractivity contribution in [3.8, 4) is 0 Å². The second-order valence-electron chi connectivity index (χ2n) is 4.06. The number of nitrogens with one attached hydrogen (secondary N) is 2. The molecule has 0 aromatic carbocycles. The number of likely N-dealkylation sites (tertiary alicyclic amines) is 1. The number of guanidine groups is 1. The molecule has 16 heavy (non-hydrogen) atoms. The third-order valence-corrected chi connectivity index (χ3v) is 2.91. The van der Waals surface area contributed by atoms with E-state index in [1.165, 1.54) is 0 Å². The molecule has 0 saturated carbocycles. The number of hydrogen-bond donors (Lipinski definition) is 4. The van der Waals surface area contributed by atoms with E-state index in [9.17, 15) is 4.79 Å². The minimum absolute atomic E-state index is 0.0115. The molecule has 0 amide bonds. The van der Waals surface area contributed by atoms with Gasteiger partial charge < -0.3 is 15.7 Å². The number of carboxylic acid groups (broad SMARTS) is 1. The van der Waals surface area contributed by atoms with E-state index in [0.29, 0.717) is 6.42 Å². The normalized spacial score (nSPS) is 22.8. The molecule has 2 atom stereocenters. The maximum Gasteiger partial charge on any atom is 0.320 e. The number of piperidine rings is 1. The lowest BCUT2D eigenvalue weighted by Crippen LogP contribution is -2.57. The zero-order chi connectivity index (χ0) is 12.1. The van der Waals surface area contributed by atoms with E-state index in [1.807, 2.05) is 6.92 Å². The fourth-order valence-corrected chi connectivity index (χ4v) is 1.99. The Morgan fingerprint density at radius 2 is 2.38 bits per heavy atom. The van der Waals surface area contributed by atoms with Crippen LogP contribution in [-0.2, 0) is 4.79 Å². The molecule has 6 heteroatoms. The second-order valence-corrected chi connectivity index (χ2v) is 4.06. The van der Waals surface area contributed by atoms with Gasteiger partial charge in [0.05, 0.1) is 6.17 Å². The van der Waals surface area contributed by atoms with Gasteiger partial charge in [0.2, 0.25) is 0 Å². The molecule has 0 aromatic heterocycles. The van der Waals surface area contributed by atoms with E-state index >= 15 is 0 Å². The van der Waals surface area contributed by atoms with Crippen LogP contribution in [0.2, 0.25) is 0 Å². The Morgan fingerprint density at radius 1 is 1.69 bits per heavy atom. The van der Waals surface area contributed by atoms with Gasteiger partial charge in [-0.15, -0.1) is 0 Å². The fraction of sp³-hybridized carbons (Fsp3) is 0.800. The first-order valence-corrected chi connectivity index (χ1v) is 5.65. The molecular weight excluding hydrogens is 208 g/mol. The molecule has 1 saturated heterocycles. The second kappa shape index (κ2) is 5.69. The summed E-state index contributed by atoms with van der Waals surface area (Å²) in [6, 6.07) is -0.565. The highest BCUT2D eigenvalue weighted by molar-refractivity contribution is 5.75.